The highest BCUT2D eigenvalue weighted by molar-refractivity contribution is 7.92. The first-order valence-electron chi connectivity index (χ1n) is 18.0. The molecule has 2 saturated heterocycles. The van der Waals surface area contributed by atoms with E-state index in [1.165, 1.54) is 12.8 Å². The Morgan fingerprint density at radius 1 is 0.980 bits per heavy atom. The molecule has 2 aliphatic heterocycles. The Balaban J connectivity index is 1.55. The van der Waals surface area contributed by atoms with Crippen LogP contribution in [0.2, 0.25) is 0 Å². The van der Waals surface area contributed by atoms with E-state index in [2.05, 4.69) is 15.1 Å². The lowest BCUT2D eigenvalue weighted by molar-refractivity contribution is 0.0936. The lowest BCUT2D eigenvalue weighted by atomic mass is 9.93. The number of piperidine rings is 1. The number of halogens is 1. The molecule has 2 aliphatic rings. The summed E-state index contributed by atoms with van der Waals surface area (Å²) in [6.45, 7) is 11.1. The third kappa shape index (κ3) is 7.57. The molecule has 6 rings (SSSR count). The minimum Gasteiger partial charge on any atom is -0.492 e. The summed E-state index contributed by atoms with van der Waals surface area (Å²) < 4.78 is 47.5. The van der Waals surface area contributed by atoms with Gasteiger partial charge in [-0.05, 0) is 103 Å². The number of ether oxygens (including phenoxy) is 1. The predicted octanol–water partition coefficient (Wildman–Crippen LogP) is 7.50. The van der Waals surface area contributed by atoms with E-state index in [9.17, 15) is 17.6 Å². The van der Waals surface area contributed by atoms with Crippen molar-refractivity contribution in [3.05, 3.63) is 89.0 Å². The number of rotatable bonds is 12. The van der Waals surface area contributed by atoms with E-state index < -0.39 is 21.8 Å². The van der Waals surface area contributed by atoms with Gasteiger partial charge in [0, 0.05) is 35.2 Å². The average molecular weight is 701 g/mol. The highest BCUT2D eigenvalue weighted by atomic mass is 32.2. The van der Waals surface area contributed by atoms with Crippen molar-refractivity contribution in [1.82, 2.24) is 20.1 Å². The van der Waals surface area contributed by atoms with E-state index in [1.54, 1.807) is 45.0 Å². The maximum atomic E-state index is 14.7. The zero-order valence-electron chi connectivity index (χ0n) is 29.6. The van der Waals surface area contributed by atoms with Gasteiger partial charge in [0.15, 0.2) is 9.84 Å². The van der Waals surface area contributed by atoms with Crippen molar-refractivity contribution < 1.29 is 22.3 Å². The second kappa shape index (κ2) is 15.6. The van der Waals surface area contributed by atoms with Crippen LogP contribution < -0.4 is 10.1 Å². The van der Waals surface area contributed by atoms with Crippen LogP contribution in [-0.2, 0) is 23.1 Å². The molecule has 50 heavy (non-hydrogen) atoms. The molecule has 0 aliphatic carbocycles. The van der Waals surface area contributed by atoms with Gasteiger partial charge in [-0.15, -0.1) is 0 Å². The summed E-state index contributed by atoms with van der Waals surface area (Å²) in [6.07, 6.45) is 4.58. The third-order valence-corrected chi connectivity index (χ3v) is 12.4. The average Bonchev–Trinajstić information content (AvgIpc) is 3.67. The van der Waals surface area contributed by atoms with E-state index in [-0.39, 0.29) is 29.2 Å². The Morgan fingerprint density at radius 2 is 1.70 bits per heavy atom. The predicted molar refractivity (Wildman–Crippen MR) is 197 cm³/mol. The summed E-state index contributed by atoms with van der Waals surface area (Å²) in [5, 5.41) is 2.95. The number of likely N-dealkylation sites (tertiary alicyclic amines) is 2. The molecular weight excluding hydrogens is 652 g/mol. The lowest BCUT2D eigenvalue weighted by Gasteiger charge is -2.37. The quantitative estimate of drug-likeness (QED) is 0.164. The monoisotopic (exact) mass is 700 g/mol. The standard InChI is InChI=1S/C40H49FN4O4S/c1-5-49-36-24-35-33(23-37(36)50(47,48)27(2)3)38(40(46)42-28(4)30-13-7-6-8-14-30)34(39(43-35)31-15-11-12-29(22-31)25-41)26-44-20-16-32(17-21-44)45-18-9-10-19-45/h6-8,11-15,22-24,27-28,32H,5,9-10,16-21,25-26H2,1-4H3,(H,42,46)/t28-/m0/s1. The summed E-state index contributed by atoms with van der Waals surface area (Å²) in [6, 6.07) is 20.4. The van der Waals surface area contributed by atoms with Crippen molar-refractivity contribution in [3.8, 4) is 17.0 Å². The van der Waals surface area contributed by atoms with Crippen LogP contribution in [0.3, 0.4) is 0 Å². The molecule has 0 saturated carbocycles. The fraction of sp³-hybridized carbons (Fsp3) is 0.450. The number of pyridine rings is 1. The molecule has 3 aromatic carbocycles. The molecule has 1 amide bonds. The first-order chi connectivity index (χ1) is 24.1. The number of sulfone groups is 1. The molecule has 0 bridgehead atoms. The molecule has 3 heterocycles. The van der Waals surface area contributed by atoms with Gasteiger partial charge in [-0.2, -0.15) is 0 Å². The number of carbonyl (C=O) groups excluding carboxylic acids is 1. The molecule has 2 fully saturated rings. The van der Waals surface area contributed by atoms with E-state index >= 15 is 0 Å². The fourth-order valence-electron chi connectivity index (χ4n) is 7.38. The highest BCUT2D eigenvalue weighted by Crippen LogP contribution is 2.38. The molecule has 0 unspecified atom stereocenters. The first-order valence-corrected chi connectivity index (χ1v) is 19.5. The SMILES string of the molecule is CCOc1cc2nc(-c3cccc(CF)c3)c(CN3CCC(N4CCCC4)CC3)c(C(=O)N[C@@H](C)c3ccccc3)c2cc1S(=O)(=O)C(C)C. The van der Waals surface area contributed by atoms with Crippen molar-refractivity contribution >= 4 is 26.6 Å². The number of amides is 1. The number of nitrogens with zero attached hydrogens (tertiary/aromatic N) is 3. The molecule has 1 atom stereocenters. The van der Waals surface area contributed by atoms with Crippen molar-refractivity contribution in [1.29, 1.82) is 0 Å². The van der Waals surface area contributed by atoms with Gasteiger partial charge in [0.05, 0.1) is 34.7 Å². The summed E-state index contributed by atoms with van der Waals surface area (Å²) in [5.41, 5.74) is 4.25. The van der Waals surface area contributed by atoms with Gasteiger partial charge in [-0.1, -0.05) is 48.5 Å². The van der Waals surface area contributed by atoms with Gasteiger partial charge in [0.2, 0.25) is 0 Å². The Morgan fingerprint density at radius 3 is 2.36 bits per heavy atom. The topological polar surface area (TPSA) is 91.8 Å². The minimum absolute atomic E-state index is 0.0401. The van der Waals surface area contributed by atoms with Crippen LogP contribution in [0.4, 0.5) is 4.39 Å². The summed E-state index contributed by atoms with van der Waals surface area (Å²) in [4.78, 5) is 24.9. The van der Waals surface area contributed by atoms with Crippen LogP contribution >= 0.6 is 0 Å². The Kier molecular flexibility index (Phi) is 11.2. The van der Waals surface area contributed by atoms with Crippen molar-refractivity contribution in [2.75, 3.05) is 32.8 Å². The van der Waals surface area contributed by atoms with E-state index in [1.807, 2.05) is 49.4 Å². The number of hydrogen-bond acceptors (Lipinski definition) is 7. The molecule has 10 heteroatoms. The van der Waals surface area contributed by atoms with E-state index in [0.717, 1.165) is 44.6 Å². The maximum Gasteiger partial charge on any atom is 0.252 e. The highest BCUT2D eigenvalue weighted by Gasteiger charge is 2.32. The van der Waals surface area contributed by atoms with Crippen molar-refractivity contribution in [2.45, 2.75) is 88.8 Å². The number of hydrogen-bond donors (Lipinski definition) is 1. The van der Waals surface area contributed by atoms with Crippen LogP contribution in [0, 0.1) is 0 Å². The van der Waals surface area contributed by atoms with E-state index in [4.69, 9.17) is 9.72 Å². The maximum absolute atomic E-state index is 14.7. The molecule has 4 aromatic rings. The molecule has 266 valence electrons. The van der Waals surface area contributed by atoms with Crippen LogP contribution in [0.15, 0.2) is 71.6 Å². The second-order valence-corrected chi connectivity index (χ2v) is 16.3. The van der Waals surface area contributed by atoms with Crippen LogP contribution in [-0.4, -0.2) is 73.2 Å². The Bertz CT molecular complexity index is 1920. The van der Waals surface area contributed by atoms with Gasteiger partial charge >= 0.3 is 0 Å². The van der Waals surface area contributed by atoms with Crippen molar-refractivity contribution in [3.63, 3.8) is 0 Å². The summed E-state index contributed by atoms with van der Waals surface area (Å²) in [7, 11) is -3.80. The smallest absolute Gasteiger partial charge is 0.252 e. The summed E-state index contributed by atoms with van der Waals surface area (Å²) in [5.74, 6) is -0.124. The van der Waals surface area contributed by atoms with Crippen molar-refractivity contribution in [2.24, 2.45) is 0 Å². The molecule has 1 aromatic heterocycles. The normalized spacial score (nSPS) is 17.0. The van der Waals surface area contributed by atoms with Gasteiger partial charge in [-0.25, -0.2) is 17.8 Å². The largest absolute Gasteiger partial charge is 0.492 e. The Labute approximate surface area is 296 Å². The minimum atomic E-state index is -3.80. The van der Waals surface area contributed by atoms with Gasteiger partial charge < -0.3 is 15.0 Å². The zero-order chi connectivity index (χ0) is 35.4. The number of benzene rings is 3. The second-order valence-electron chi connectivity index (χ2n) is 13.8. The number of alkyl halides is 1. The molecular formula is C40H49FN4O4S. The Hall–Kier alpha value is -3.86. The first kappa shape index (κ1) is 35.9. The molecule has 1 N–H and O–H groups in total. The number of aromatic nitrogens is 1. The third-order valence-electron chi connectivity index (χ3n) is 10.2. The molecule has 8 nitrogen and oxygen atoms in total. The zero-order valence-corrected chi connectivity index (χ0v) is 30.4. The van der Waals surface area contributed by atoms with Crippen LogP contribution in [0.5, 0.6) is 5.75 Å². The van der Waals surface area contributed by atoms with E-state index in [0.29, 0.717) is 51.4 Å². The number of fused-ring (bicyclic) bond motifs is 1. The van der Waals surface area contributed by atoms with Crippen LogP contribution in [0.25, 0.3) is 22.2 Å². The summed E-state index contributed by atoms with van der Waals surface area (Å²) >= 11 is 0. The number of carbonyl (C=O) groups is 1. The van der Waals surface area contributed by atoms with Gasteiger partial charge in [0.1, 0.15) is 17.3 Å². The van der Waals surface area contributed by atoms with Gasteiger partial charge in [0.25, 0.3) is 5.91 Å². The van der Waals surface area contributed by atoms with Crippen LogP contribution in [0.1, 0.15) is 86.5 Å². The molecule has 0 spiro atoms. The number of nitrogens with one attached hydrogen (secondary N) is 1. The lowest BCUT2D eigenvalue weighted by Crippen LogP contribution is -2.43. The van der Waals surface area contributed by atoms with Gasteiger partial charge in [-0.3, -0.25) is 9.69 Å². The fourth-order valence-corrected chi connectivity index (χ4v) is 8.56. The molecule has 0 radical (unpaired) electrons.